The number of fused-ring (bicyclic) bond motifs is 1. The molecule has 1 unspecified atom stereocenters. The number of anilines is 2. The molecule has 0 radical (unpaired) electrons. The third kappa shape index (κ3) is 7.54. The monoisotopic (exact) mass is 501 g/mol. The molecule has 3 amide bonds. The molecule has 188 valence electrons. The number of hydrogen-bond donors (Lipinski definition) is 2. The summed E-state index contributed by atoms with van der Waals surface area (Å²) in [5.74, 6) is -1.01. The van der Waals surface area contributed by atoms with E-state index in [-0.39, 0.29) is 25.0 Å². The molecule has 0 fully saturated rings. The molecule has 35 heavy (non-hydrogen) atoms. The zero-order valence-electron chi connectivity index (χ0n) is 20.6. The maximum atomic E-state index is 13.2. The summed E-state index contributed by atoms with van der Waals surface area (Å²) in [4.78, 5) is 39.5. The van der Waals surface area contributed by atoms with E-state index in [0.717, 1.165) is 11.1 Å². The minimum Gasteiger partial charge on any atom is -0.454 e. The standard InChI is InChI=1S/C25H31N3O6S/c1-16-6-7-17(2)19(10-16)28(12-22(29)27-25(3,4)5)24(31)14-35(32)13-23(30)26-18-8-9-20-21(11-18)34-15-33-20/h6-11H,12-15H2,1-5H3,(H,26,30)(H,27,29). The predicted molar refractivity (Wildman–Crippen MR) is 135 cm³/mol. The second-order valence-electron chi connectivity index (χ2n) is 9.41. The van der Waals surface area contributed by atoms with Crippen molar-refractivity contribution in [1.29, 1.82) is 0 Å². The van der Waals surface area contributed by atoms with Gasteiger partial charge in [0, 0.05) is 33.8 Å². The quantitative estimate of drug-likeness (QED) is 0.575. The Balaban J connectivity index is 1.67. The smallest absolute Gasteiger partial charge is 0.240 e. The van der Waals surface area contributed by atoms with Crippen molar-refractivity contribution in [2.45, 2.75) is 40.2 Å². The lowest BCUT2D eigenvalue weighted by molar-refractivity contribution is -0.124. The Kier molecular flexibility index (Phi) is 8.16. The molecule has 3 rings (SSSR count). The predicted octanol–water partition coefficient (Wildman–Crippen LogP) is 2.67. The molecule has 2 N–H and O–H groups in total. The van der Waals surface area contributed by atoms with Gasteiger partial charge < -0.3 is 25.0 Å². The van der Waals surface area contributed by atoms with Crippen LogP contribution in [-0.2, 0) is 25.2 Å². The fourth-order valence-electron chi connectivity index (χ4n) is 3.50. The van der Waals surface area contributed by atoms with E-state index < -0.39 is 33.9 Å². The number of nitrogens with one attached hydrogen (secondary N) is 2. The van der Waals surface area contributed by atoms with E-state index in [0.29, 0.717) is 22.9 Å². The van der Waals surface area contributed by atoms with E-state index >= 15 is 0 Å². The van der Waals surface area contributed by atoms with E-state index in [4.69, 9.17) is 9.47 Å². The van der Waals surface area contributed by atoms with Gasteiger partial charge in [-0.2, -0.15) is 0 Å². The van der Waals surface area contributed by atoms with Crippen LogP contribution in [0.4, 0.5) is 11.4 Å². The third-order valence-electron chi connectivity index (χ3n) is 5.01. The number of nitrogens with zero attached hydrogens (tertiary/aromatic N) is 1. The summed E-state index contributed by atoms with van der Waals surface area (Å²) in [6.07, 6.45) is 0. The fourth-order valence-corrected chi connectivity index (χ4v) is 4.40. The topological polar surface area (TPSA) is 114 Å². The van der Waals surface area contributed by atoms with Gasteiger partial charge >= 0.3 is 0 Å². The van der Waals surface area contributed by atoms with E-state index in [1.165, 1.54) is 4.90 Å². The van der Waals surface area contributed by atoms with Crippen molar-refractivity contribution >= 4 is 39.9 Å². The first-order valence-corrected chi connectivity index (χ1v) is 12.6. The van der Waals surface area contributed by atoms with Crippen molar-refractivity contribution in [3.63, 3.8) is 0 Å². The van der Waals surface area contributed by atoms with Gasteiger partial charge in [0.25, 0.3) is 0 Å². The Morgan fingerprint density at radius 2 is 1.69 bits per heavy atom. The van der Waals surface area contributed by atoms with Crippen molar-refractivity contribution in [2.75, 3.05) is 35.1 Å². The lowest BCUT2D eigenvalue weighted by atomic mass is 10.1. The minimum absolute atomic E-state index is 0.115. The Bertz CT molecular complexity index is 1160. The second kappa shape index (κ2) is 10.9. The summed E-state index contributed by atoms with van der Waals surface area (Å²) in [6, 6.07) is 10.5. The number of ether oxygens (including phenoxy) is 2. The highest BCUT2D eigenvalue weighted by Gasteiger charge is 2.25. The molecule has 2 aromatic carbocycles. The van der Waals surface area contributed by atoms with Gasteiger partial charge in [-0.1, -0.05) is 12.1 Å². The number of benzene rings is 2. The molecule has 0 spiro atoms. The molecule has 0 saturated carbocycles. The minimum atomic E-state index is -1.78. The van der Waals surface area contributed by atoms with Crippen molar-refractivity contribution < 1.29 is 28.1 Å². The van der Waals surface area contributed by atoms with Crippen LogP contribution in [0, 0.1) is 13.8 Å². The Hall–Kier alpha value is -3.40. The molecule has 9 nitrogen and oxygen atoms in total. The van der Waals surface area contributed by atoms with Crippen molar-refractivity contribution in [1.82, 2.24) is 5.32 Å². The molecule has 1 aliphatic heterocycles. The Morgan fingerprint density at radius 1 is 0.971 bits per heavy atom. The second-order valence-corrected chi connectivity index (χ2v) is 10.9. The number of hydrogen-bond acceptors (Lipinski definition) is 6. The number of carbonyl (C=O) groups is 3. The first kappa shape index (κ1) is 26.2. The van der Waals surface area contributed by atoms with Crippen LogP contribution in [0.15, 0.2) is 36.4 Å². The number of aryl methyl sites for hydroxylation is 2. The van der Waals surface area contributed by atoms with Crippen LogP contribution in [0.25, 0.3) is 0 Å². The average molecular weight is 502 g/mol. The van der Waals surface area contributed by atoms with Gasteiger partial charge in [-0.05, 0) is 63.9 Å². The lowest BCUT2D eigenvalue weighted by Crippen LogP contribution is -2.48. The summed E-state index contributed by atoms with van der Waals surface area (Å²) in [7, 11) is -1.78. The van der Waals surface area contributed by atoms with Crippen molar-refractivity contribution in [3.8, 4) is 11.5 Å². The summed E-state index contributed by atoms with van der Waals surface area (Å²) < 4.78 is 23.2. The summed E-state index contributed by atoms with van der Waals surface area (Å²) in [5, 5.41) is 5.50. The lowest BCUT2D eigenvalue weighted by Gasteiger charge is -2.27. The van der Waals surface area contributed by atoms with Gasteiger partial charge in [-0.15, -0.1) is 0 Å². The molecule has 1 atom stereocenters. The van der Waals surface area contributed by atoms with E-state index in [1.807, 2.05) is 52.8 Å². The molecule has 0 bridgehead atoms. The number of rotatable bonds is 8. The van der Waals surface area contributed by atoms with Crippen molar-refractivity contribution in [2.24, 2.45) is 0 Å². The van der Waals surface area contributed by atoms with Crippen LogP contribution in [0.5, 0.6) is 11.5 Å². The van der Waals surface area contributed by atoms with Crippen LogP contribution < -0.4 is 25.0 Å². The molecule has 10 heteroatoms. The highest BCUT2D eigenvalue weighted by Crippen LogP contribution is 2.34. The van der Waals surface area contributed by atoms with Crippen LogP contribution in [-0.4, -0.2) is 52.3 Å². The summed E-state index contributed by atoms with van der Waals surface area (Å²) in [6.45, 7) is 9.17. The Labute approximate surface area is 207 Å². The van der Waals surface area contributed by atoms with E-state index in [2.05, 4.69) is 10.6 Å². The molecular weight excluding hydrogens is 470 g/mol. The molecule has 2 aromatic rings. The van der Waals surface area contributed by atoms with Gasteiger partial charge in [-0.25, -0.2) is 0 Å². The maximum Gasteiger partial charge on any atom is 0.240 e. The first-order valence-electron chi connectivity index (χ1n) is 11.1. The first-order chi connectivity index (χ1) is 16.4. The average Bonchev–Trinajstić information content (AvgIpc) is 3.20. The van der Waals surface area contributed by atoms with Crippen LogP contribution in [0.2, 0.25) is 0 Å². The highest BCUT2D eigenvalue weighted by molar-refractivity contribution is 7.86. The molecule has 0 aromatic heterocycles. The van der Waals surface area contributed by atoms with E-state index in [1.54, 1.807) is 18.2 Å². The van der Waals surface area contributed by atoms with Crippen LogP contribution in [0.1, 0.15) is 31.9 Å². The zero-order chi connectivity index (χ0) is 25.8. The molecule has 1 heterocycles. The SMILES string of the molecule is Cc1ccc(C)c(N(CC(=O)NC(C)(C)C)C(=O)CS(=O)CC(=O)Nc2ccc3c(c2)OCO3)c1. The Morgan fingerprint density at radius 3 is 2.40 bits per heavy atom. The fraction of sp³-hybridized carbons (Fsp3) is 0.400. The zero-order valence-corrected chi connectivity index (χ0v) is 21.4. The molecule has 0 saturated heterocycles. The highest BCUT2D eigenvalue weighted by atomic mass is 32.2. The van der Waals surface area contributed by atoms with Crippen LogP contribution in [0.3, 0.4) is 0 Å². The van der Waals surface area contributed by atoms with Gasteiger partial charge in [0.15, 0.2) is 11.5 Å². The molecule has 0 aliphatic carbocycles. The van der Waals surface area contributed by atoms with Gasteiger partial charge in [0.2, 0.25) is 24.5 Å². The van der Waals surface area contributed by atoms with Crippen molar-refractivity contribution in [3.05, 3.63) is 47.5 Å². The number of amides is 3. The summed E-state index contributed by atoms with van der Waals surface area (Å²) >= 11 is 0. The summed E-state index contributed by atoms with van der Waals surface area (Å²) in [5.41, 5.74) is 2.30. The third-order valence-corrected chi connectivity index (χ3v) is 6.16. The maximum absolute atomic E-state index is 13.2. The molecular formula is C25H31N3O6S. The van der Waals surface area contributed by atoms with Crippen LogP contribution >= 0.6 is 0 Å². The van der Waals surface area contributed by atoms with Gasteiger partial charge in [0.1, 0.15) is 18.1 Å². The number of carbonyl (C=O) groups excluding carboxylic acids is 3. The van der Waals surface area contributed by atoms with Gasteiger partial charge in [0.05, 0.1) is 0 Å². The largest absolute Gasteiger partial charge is 0.454 e. The molecule has 1 aliphatic rings. The normalized spacial score (nSPS) is 13.2. The van der Waals surface area contributed by atoms with Gasteiger partial charge in [-0.3, -0.25) is 18.6 Å². The van der Waals surface area contributed by atoms with E-state index in [9.17, 15) is 18.6 Å².